The predicted molar refractivity (Wildman–Crippen MR) is 63.7 cm³/mol. The standard InChI is InChI=1S/C12H17N3/c1-3-15(8-4-7-13)12-9-11(14)6-5-10(12)2/h5-6,9H,3-4,8,14H2,1-2H3. The van der Waals surface area contributed by atoms with Gasteiger partial charge in [-0.05, 0) is 31.5 Å². The van der Waals surface area contributed by atoms with Gasteiger partial charge >= 0.3 is 0 Å². The second-order valence-corrected chi connectivity index (χ2v) is 3.53. The minimum atomic E-state index is 0.544. The summed E-state index contributed by atoms with van der Waals surface area (Å²) in [7, 11) is 0. The molecule has 0 aromatic heterocycles. The topological polar surface area (TPSA) is 53.0 Å². The first-order valence-electron chi connectivity index (χ1n) is 5.17. The van der Waals surface area contributed by atoms with Gasteiger partial charge in [-0.15, -0.1) is 0 Å². The number of hydrogen-bond acceptors (Lipinski definition) is 3. The maximum absolute atomic E-state index is 8.58. The first-order chi connectivity index (χ1) is 7.19. The zero-order chi connectivity index (χ0) is 11.3. The van der Waals surface area contributed by atoms with Crippen molar-refractivity contribution >= 4 is 11.4 Å². The number of nitrogens with zero attached hydrogens (tertiary/aromatic N) is 2. The van der Waals surface area contributed by atoms with Crippen LogP contribution in [0.4, 0.5) is 11.4 Å². The van der Waals surface area contributed by atoms with E-state index in [2.05, 4.69) is 24.8 Å². The lowest BCUT2D eigenvalue weighted by atomic mass is 10.1. The third kappa shape index (κ3) is 2.88. The Kier molecular flexibility index (Phi) is 3.99. The molecule has 0 spiro atoms. The van der Waals surface area contributed by atoms with E-state index in [0.29, 0.717) is 6.42 Å². The van der Waals surface area contributed by atoms with Crippen LogP contribution in [0, 0.1) is 18.3 Å². The SMILES string of the molecule is CCN(CCC#N)c1cc(N)ccc1C. The smallest absolute Gasteiger partial charge is 0.0640 e. The van der Waals surface area contributed by atoms with Crippen LogP contribution in [0.3, 0.4) is 0 Å². The summed E-state index contributed by atoms with van der Waals surface area (Å²) in [6.07, 6.45) is 0.544. The van der Waals surface area contributed by atoms with Crippen molar-refractivity contribution in [2.45, 2.75) is 20.3 Å². The van der Waals surface area contributed by atoms with Gasteiger partial charge in [0, 0.05) is 24.5 Å². The minimum Gasteiger partial charge on any atom is -0.399 e. The maximum atomic E-state index is 8.58. The van der Waals surface area contributed by atoms with Gasteiger partial charge in [-0.3, -0.25) is 0 Å². The molecule has 0 fully saturated rings. The molecule has 15 heavy (non-hydrogen) atoms. The molecule has 0 radical (unpaired) electrons. The molecule has 1 rings (SSSR count). The molecule has 0 aliphatic carbocycles. The number of anilines is 2. The van der Waals surface area contributed by atoms with Gasteiger partial charge in [0.05, 0.1) is 12.5 Å². The molecule has 80 valence electrons. The summed E-state index contributed by atoms with van der Waals surface area (Å²) < 4.78 is 0. The highest BCUT2D eigenvalue weighted by Crippen LogP contribution is 2.22. The van der Waals surface area contributed by atoms with Crippen molar-refractivity contribution in [1.29, 1.82) is 5.26 Å². The molecule has 0 atom stereocenters. The normalized spacial score (nSPS) is 9.67. The molecule has 0 aliphatic heterocycles. The fourth-order valence-electron chi connectivity index (χ4n) is 1.60. The van der Waals surface area contributed by atoms with Crippen molar-refractivity contribution in [3.05, 3.63) is 23.8 Å². The number of nitrogen functional groups attached to an aromatic ring is 1. The zero-order valence-corrected chi connectivity index (χ0v) is 9.33. The summed E-state index contributed by atoms with van der Waals surface area (Å²) in [6, 6.07) is 8.05. The number of aryl methyl sites for hydroxylation is 1. The van der Waals surface area contributed by atoms with E-state index in [1.807, 2.05) is 18.2 Å². The summed E-state index contributed by atoms with van der Waals surface area (Å²) in [4.78, 5) is 2.18. The molecule has 0 heterocycles. The molecular weight excluding hydrogens is 186 g/mol. The van der Waals surface area contributed by atoms with Gasteiger partial charge in [-0.2, -0.15) is 5.26 Å². The Labute approximate surface area is 91.1 Å². The highest BCUT2D eigenvalue weighted by Gasteiger charge is 2.06. The van der Waals surface area contributed by atoms with Crippen molar-refractivity contribution in [3.63, 3.8) is 0 Å². The van der Waals surface area contributed by atoms with Crippen molar-refractivity contribution in [2.24, 2.45) is 0 Å². The largest absolute Gasteiger partial charge is 0.399 e. The van der Waals surface area contributed by atoms with Crippen LogP contribution in [-0.2, 0) is 0 Å². The van der Waals surface area contributed by atoms with Crippen LogP contribution in [0.15, 0.2) is 18.2 Å². The molecule has 0 aliphatic rings. The van der Waals surface area contributed by atoms with Crippen LogP contribution < -0.4 is 10.6 Å². The Morgan fingerprint density at radius 2 is 2.20 bits per heavy atom. The van der Waals surface area contributed by atoms with E-state index in [1.54, 1.807) is 0 Å². The Bertz CT molecular complexity index is 366. The molecule has 0 amide bonds. The third-order valence-corrected chi connectivity index (χ3v) is 2.45. The maximum Gasteiger partial charge on any atom is 0.0640 e. The lowest BCUT2D eigenvalue weighted by Crippen LogP contribution is -2.24. The third-order valence-electron chi connectivity index (χ3n) is 2.45. The summed E-state index contributed by atoms with van der Waals surface area (Å²) in [5, 5.41) is 8.58. The average Bonchev–Trinajstić information content (AvgIpc) is 2.24. The minimum absolute atomic E-state index is 0.544. The lowest BCUT2D eigenvalue weighted by molar-refractivity contribution is 0.824. The van der Waals surface area contributed by atoms with Crippen LogP contribution in [0.5, 0.6) is 0 Å². The van der Waals surface area contributed by atoms with Crippen LogP contribution >= 0.6 is 0 Å². The van der Waals surface area contributed by atoms with Crippen LogP contribution in [0.2, 0.25) is 0 Å². The molecule has 3 heteroatoms. The van der Waals surface area contributed by atoms with E-state index < -0.39 is 0 Å². The van der Waals surface area contributed by atoms with Crippen molar-refractivity contribution in [2.75, 3.05) is 23.7 Å². The summed E-state index contributed by atoms with van der Waals surface area (Å²) in [6.45, 7) is 5.80. The van der Waals surface area contributed by atoms with Gasteiger partial charge in [0.1, 0.15) is 0 Å². The quantitative estimate of drug-likeness (QED) is 0.764. The number of nitriles is 1. The number of rotatable bonds is 4. The van der Waals surface area contributed by atoms with E-state index in [0.717, 1.165) is 24.5 Å². The van der Waals surface area contributed by atoms with Crippen molar-refractivity contribution < 1.29 is 0 Å². The molecule has 1 aromatic carbocycles. The summed E-state index contributed by atoms with van der Waals surface area (Å²) in [5.74, 6) is 0. The molecule has 0 saturated carbocycles. The zero-order valence-electron chi connectivity index (χ0n) is 9.33. The number of benzene rings is 1. The summed E-state index contributed by atoms with van der Waals surface area (Å²) in [5.41, 5.74) is 8.86. The van der Waals surface area contributed by atoms with E-state index >= 15 is 0 Å². The first-order valence-corrected chi connectivity index (χ1v) is 5.17. The van der Waals surface area contributed by atoms with E-state index in [-0.39, 0.29) is 0 Å². The van der Waals surface area contributed by atoms with Gasteiger partial charge in [0.2, 0.25) is 0 Å². The van der Waals surface area contributed by atoms with Gasteiger partial charge < -0.3 is 10.6 Å². The van der Waals surface area contributed by atoms with Crippen LogP contribution in [-0.4, -0.2) is 13.1 Å². The van der Waals surface area contributed by atoms with Crippen molar-refractivity contribution in [3.8, 4) is 6.07 Å². The van der Waals surface area contributed by atoms with Crippen LogP contribution in [0.25, 0.3) is 0 Å². The monoisotopic (exact) mass is 203 g/mol. The second kappa shape index (κ2) is 5.26. The van der Waals surface area contributed by atoms with Gasteiger partial charge in [-0.1, -0.05) is 6.07 Å². The average molecular weight is 203 g/mol. The molecule has 0 bridgehead atoms. The second-order valence-electron chi connectivity index (χ2n) is 3.53. The Balaban J connectivity index is 2.91. The van der Waals surface area contributed by atoms with Gasteiger partial charge in [0.25, 0.3) is 0 Å². The molecule has 3 nitrogen and oxygen atoms in total. The Morgan fingerprint density at radius 3 is 2.80 bits per heavy atom. The van der Waals surface area contributed by atoms with Gasteiger partial charge in [0.15, 0.2) is 0 Å². The summed E-state index contributed by atoms with van der Waals surface area (Å²) >= 11 is 0. The number of hydrogen-bond donors (Lipinski definition) is 1. The molecule has 0 saturated heterocycles. The first kappa shape index (κ1) is 11.4. The van der Waals surface area contributed by atoms with Gasteiger partial charge in [-0.25, -0.2) is 0 Å². The highest BCUT2D eigenvalue weighted by molar-refractivity contribution is 5.60. The van der Waals surface area contributed by atoms with E-state index in [9.17, 15) is 0 Å². The molecule has 0 unspecified atom stereocenters. The highest BCUT2D eigenvalue weighted by atomic mass is 15.1. The molecule has 2 N–H and O–H groups in total. The fraction of sp³-hybridized carbons (Fsp3) is 0.417. The van der Waals surface area contributed by atoms with E-state index in [1.165, 1.54) is 5.56 Å². The van der Waals surface area contributed by atoms with E-state index in [4.69, 9.17) is 11.0 Å². The number of nitrogens with two attached hydrogens (primary N) is 1. The Morgan fingerprint density at radius 1 is 1.47 bits per heavy atom. The Hall–Kier alpha value is -1.69. The molecule has 1 aromatic rings. The lowest BCUT2D eigenvalue weighted by Gasteiger charge is -2.24. The van der Waals surface area contributed by atoms with Crippen LogP contribution in [0.1, 0.15) is 18.9 Å². The predicted octanol–water partition coefficient (Wildman–Crippen LogP) is 2.32. The van der Waals surface area contributed by atoms with Crippen molar-refractivity contribution in [1.82, 2.24) is 0 Å². The molecular formula is C12H17N3. The fourth-order valence-corrected chi connectivity index (χ4v) is 1.60.